The van der Waals surface area contributed by atoms with Gasteiger partial charge in [0.2, 0.25) is 0 Å². The lowest BCUT2D eigenvalue weighted by atomic mass is 10.0. The lowest BCUT2D eigenvalue weighted by Gasteiger charge is -2.23. The Bertz CT molecular complexity index is 510. The summed E-state index contributed by atoms with van der Waals surface area (Å²) >= 11 is 0. The van der Waals surface area contributed by atoms with Crippen LogP contribution in [0.4, 0.5) is 0 Å². The van der Waals surface area contributed by atoms with Crippen molar-refractivity contribution in [3.8, 4) is 0 Å². The Kier molecular flexibility index (Phi) is 8.77. The number of aryl methyl sites for hydroxylation is 1. The highest BCUT2D eigenvalue weighted by Gasteiger charge is 2.13. The summed E-state index contributed by atoms with van der Waals surface area (Å²) in [4.78, 5) is 6.52. The van der Waals surface area contributed by atoms with Gasteiger partial charge in [-0.25, -0.2) is 0 Å². The molecule has 25 heavy (non-hydrogen) atoms. The molecule has 140 valence electrons. The Hall–Kier alpha value is -1.59. The molecule has 0 bridgehead atoms. The lowest BCUT2D eigenvalue weighted by molar-refractivity contribution is 0.0203. The van der Waals surface area contributed by atoms with E-state index in [4.69, 9.17) is 9.47 Å². The number of hydrogen-bond donors (Lipinski definition) is 1. The molecule has 0 amide bonds. The fraction of sp³-hybridized carbons (Fsp3) is 0.650. The zero-order valence-corrected chi connectivity index (χ0v) is 16.0. The van der Waals surface area contributed by atoms with Crippen molar-refractivity contribution in [2.24, 2.45) is 10.9 Å². The van der Waals surface area contributed by atoms with Crippen molar-refractivity contribution < 1.29 is 9.47 Å². The predicted octanol–water partition coefficient (Wildman–Crippen LogP) is 2.84. The van der Waals surface area contributed by atoms with Crippen molar-refractivity contribution >= 4 is 5.96 Å². The zero-order valence-electron chi connectivity index (χ0n) is 16.0. The summed E-state index contributed by atoms with van der Waals surface area (Å²) in [5, 5.41) is 3.42. The average Bonchev–Trinajstić information content (AvgIpc) is 2.64. The Morgan fingerprint density at radius 2 is 2.00 bits per heavy atom. The van der Waals surface area contributed by atoms with Crippen LogP contribution < -0.4 is 5.32 Å². The van der Waals surface area contributed by atoms with Crippen molar-refractivity contribution in [2.45, 2.75) is 32.7 Å². The normalized spacial score (nSPS) is 16.0. The highest BCUT2D eigenvalue weighted by atomic mass is 16.5. The Morgan fingerprint density at radius 1 is 1.28 bits per heavy atom. The maximum absolute atomic E-state index is 5.81. The van der Waals surface area contributed by atoms with Crippen molar-refractivity contribution in [2.75, 3.05) is 47.1 Å². The van der Waals surface area contributed by atoms with Crippen molar-refractivity contribution in [3.05, 3.63) is 35.4 Å². The van der Waals surface area contributed by atoms with Crippen LogP contribution in [0.3, 0.4) is 0 Å². The quantitative estimate of drug-likeness (QED) is 0.446. The van der Waals surface area contributed by atoms with Gasteiger partial charge in [-0.2, -0.15) is 0 Å². The number of nitrogens with zero attached hydrogens (tertiary/aromatic N) is 2. The van der Waals surface area contributed by atoms with E-state index < -0.39 is 0 Å². The molecule has 0 spiro atoms. The molecule has 0 aliphatic carbocycles. The highest BCUT2D eigenvalue weighted by molar-refractivity contribution is 5.79. The molecule has 0 radical (unpaired) electrons. The number of rotatable bonds is 8. The number of benzene rings is 1. The summed E-state index contributed by atoms with van der Waals surface area (Å²) < 4.78 is 11.2. The first kappa shape index (κ1) is 19.7. The molecule has 1 heterocycles. The van der Waals surface area contributed by atoms with Crippen molar-refractivity contribution in [1.82, 2.24) is 10.2 Å². The standard InChI is InChI=1S/C20H33N3O2/c1-17-5-7-18(8-6-17)15-23(3)20(21-2)22-11-4-12-25-16-19-9-13-24-14-10-19/h5-8,19H,4,9-16H2,1-3H3,(H,21,22). The maximum atomic E-state index is 5.81. The molecule has 1 saturated heterocycles. The molecular formula is C20H33N3O2. The molecule has 0 aromatic heterocycles. The van der Waals surface area contributed by atoms with Crippen LogP contribution in [0.2, 0.25) is 0 Å². The minimum absolute atomic E-state index is 0.676. The smallest absolute Gasteiger partial charge is 0.193 e. The number of aliphatic imine (C=N–C) groups is 1. The highest BCUT2D eigenvalue weighted by Crippen LogP contribution is 2.14. The van der Waals surface area contributed by atoms with Crippen LogP contribution in [0.25, 0.3) is 0 Å². The van der Waals surface area contributed by atoms with E-state index in [0.717, 1.165) is 64.7 Å². The van der Waals surface area contributed by atoms with E-state index in [1.54, 1.807) is 0 Å². The van der Waals surface area contributed by atoms with Gasteiger partial charge in [-0.15, -0.1) is 0 Å². The fourth-order valence-corrected chi connectivity index (χ4v) is 2.96. The third-order valence-corrected chi connectivity index (χ3v) is 4.56. The molecule has 0 unspecified atom stereocenters. The van der Waals surface area contributed by atoms with Crippen LogP contribution in [0.15, 0.2) is 29.3 Å². The van der Waals surface area contributed by atoms with Crippen LogP contribution in [0, 0.1) is 12.8 Å². The van der Waals surface area contributed by atoms with Gasteiger partial charge < -0.3 is 19.7 Å². The molecule has 1 fully saturated rings. The first-order valence-corrected chi connectivity index (χ1v) is 9.32. The molecule has 1 N–H and O–H groups in total. The van der Waals surface area contributed by atoms with Gasteiger partial charge >= 0.3 is 0 Å². The molecule has 1 aliphatic heterocycles. The van der Waals surface area contributed by atoms with Gasteiger partial charge in [0.1, 0.15) is 0 Å². The lowest BCUT2D eigenvalue weighted by Crippen LogP contribution is -2.39. The molecule has 5 heteroatoms. The summed E-state index contributed by atoms with van der Waals surface area (Å²) in [6.07, 6.45) is 3.25. The van der Waals surface area contributed by atoms with E-state index >= 15 is 0 Å². The summed E-state index contributed by atoms with van der Waals surface area (Å²) in [5.41, 5.74) is 2.57. The molecule has 0 saturated carbocycles. The topological polar surface area (TPSA) is 46.1 Å². The average molecular weight is 348 g/mol. The first-order chi connectivity index (χ1) is 12.2. The predicted molar refractivity (Wildman–Crippen MR) is 103 cm³/mol. The van der Waals surface area contributed by atoms with E-state index in [1.165, 1.54) is 11.1 Å². The third-order valence-electron chi connectivity index (χ3n) is 4.56. The second-order valence-corrected chi connectivity index (χ2v) is 6.80. The molecule has 1 aromatic carbocycles. The summed E-state index contributed by atoms with van der Waals surface area (Å²) in [7, 11) is 3.90. The van der Waals surface area contributed by atoms with Gasteiger partial charge in [-0.1, -0.05) is 29.8 Å². The summed E-state index contributed by atoms with van der Waals surface area (Å²) in [6.45, 7) is 7.27. The minimum Gasteiger partial charge on any atom is -0.381 e. The van der Waals surface area contributed by atoms with Crippen LogP contribution in [-0.2, 0) is 16.0 Å². The minimum atomic E-state index is 0.676. The SMILES string of the molecule is CN=C(NCCCOCC1CCOCC1)N(C)Cc1ccc(C)cc1. The van der Waals surface area contributed by atoms with E-state index in [2.05, 4.69) is 53.4 Å². The Labute approximate surface area is 152 Å². The van der Waals surface area contributed by atoms with Crippen LogP contribution in [0.1, 0.15) is 30.4 Å². The van der Waals surface area contributed by atoms with Crippen molar-refractivity contribution in [3.63, 3.8) is 0 Å². The number of ether oxygens (including phenoxy) is 2. The summed E-state index contributed by atoms with van der Waals surface area (Å²) in [6, 6.07) is 8.64. The number of nitrogens with one attached hydrogen (secondary N) is 1. The molecule has 1 aliphatic rings. The van der Waals surface area contributed by atoms with Gasteiger partial charge in [-0.3, -0.25) is 4.99 Å². The number of hydrogen-bond acceptors (Lipinski definition) is 3. The maximum Gasteiger partial charge on any atom is 0.193 e. The van der Waals surface area contributed by atoms with Gasteiger partial charge in [0, 0.05) is 53.6 Å². The van der Waals surface area contributed by atoms with Crippen LogP contribution in [-0.4, -0.2) is 57.9 Å². The van der Waals surface area contributed by atoms with E-state index in [-0.39, 0.29) is 0 Å². The summed E-state index contributed by atoms with van der Waals surface area (Å²) in [5.74, 6) is 1.60. The van der Waals surface area contributed by atoms with Gasteiger partial charge in [0.05, 0.1) is 0 Å². The van der Waals surface area contributed by atoms with Gasteiger partial charge in [0.15, 0.2) is 5.96 Å². The Morgan fingerprint density at radius 3 is 2.68 bits per heavy atom. The first-order valence-electron chi connectivity index (χ1n) is 9.32. The van der Waals surface area contributed by atoms with E-state index in [1.807, 2.05) is 7.05 Å². The second-order valence-electron chi connectivity index (χ2n) is 6.80. The molecule has 1 aromatic rings. The fourth-order valence-electron chi connectivity index (χ4n) is 2.96. The molecular weight excluding hydrogens is 314 g/mol. The van der Waals surface area contributed by atoms with E-state index in [0.29, 0.717) is 5.92 Å². The molecule has 2 rings (SSSR count). The number of guanidine groups is 1. The zero-order chi connectivity index (χ0) is 17.9. The monoisotopic (exact) mass is 347 g/mol. The van der Waals surface area contributed by atoms with Crippen molar-refractivity contribution in [1.29, 1.82) is 0 Å². The van der Waals surface area contributed by atoms with Gasteiger partial charge in [0.25, 0.3) is 0 Å². The largest absolute Gasteiger partial charge is 0.381 e. The molecule has 5 nitrogen and oxygen atoms in total. The molecule has 0 atom stereocenters. The van der Waals surface area contributed by atoms with Gasteiger partial charge in [-0.05, 0) is 37.7 Å². The Balaban J connectivity index is 1.60. The third kappa shape index (κ3) is 7.45. The van der Waals surface area contributed by atoms with Crippen LogP contribution in [0.5, 0.6) is 0 Å². The van der Waals surface area contributed by atoms with Crippen LogP contribution >= 0.6 is 0 Å². The van der Waals surface area contributed by atoms with E-state index in [9.17, 15) is 0 Å². The second kappa shape index (κ2) is 11.1.